The minimum atomic E-state index is -1.05. The Bertz CT molecular complexity index is 374. The van der Waals surface area contributed by atoms with E-state index in [9.17, 15) is 9.00 Å². The van der Waals surface area contributed by atoms with Gasteiger partial charge in [0.15, 0.2) is 0 Å². The number of carbonyl (C=O) groups is 1. The Morgan fingerprint density at radius 3 is 2.35 bits per heavy atom. The van der Waals surface area contributed by atoms with Crippen molar-refractivity contribution in [3.63, 3.8) is 0 Å². The van der Waals surface area contributed by atoms with Crippen LogP contribution in [0.25, 0.3) is 0 Å². The van der Waals surface area contributed by atoms with Crippen LogP contribution in [0.5, 0.6) is 0 Å². The molecule has 1 atom stereocenters. The van der Waals surface area contributed by atoms with Crippen molar-refractivity contribution >= 4 is 16.8 Å². The number of esters is 1. The molecule has 1 rings (SSSR count). The molecule has 0 aromatic heterocycles. The van der Waals surface area contributed by atoms with Gasteiger partial charge in [-0.1, -0.05) is 46.1 Å². The van der Waals surface area contributed by atoms with Crippen LogP contribution < -0.4 is 0 Å². The first-order valence-corrected chi connectivity index (χ1v) is 8.82. The molecule has 0 aromatic rings. The molecule has 20 heavy (non-hydrogen) atoms. The van der Waals surface area contributed by atoms with E-state index in [2.05, 4.69) is 20.8 Å². The van der Waals surface area contributed by atoms with Crippen LogP contribution in [0, 0.1) is 5.41 Å². The van der Waals surface area contributed by atoms with E-state index in [1.807, 2.05) is 6.08 Å². The number of carbonyl (C=O) groups excluding carboxylic acids is 1. The molecule has 0 aromatic carbocycles. The van der Waals surface area contributed by atoms with Crippen LogP contribution in [0.15, 0.2) is 11.0 Å². The maximum atomic E-state index is 12.8. The minimum Gasteiger partial charge on any atom is -0.466 e. The molecule has 1 fully saturated rings. The summed E-state index contributed by atoms with van der Waals surface area (Å²) in [5, 5.41) is 0.215. The van der Waals surface area contributed by atoms with Crippen molar-refractivity contribution in [3.8, 4) is 0 Å². The predicted octanol–water partition coefficient (Wildman–Crippen LogP) is 3.95. The highest BCUT2D eigenvalue weighted by atomic mass is 32.2. The van der Waals surface area contributed by atoms with Gasteiger partial charge in [0.1, 0.15) is 0 Å². The van der Waals surface area contributed by atoms with Gasteiger partial charge in [-0.25, -0.2) is 0 Å². The van der Waals surface area contributed by atoms with Gasteiger partial charge in [0.25, 0.3) is 0 Å². The largest absolute Gasteiger partial charge is 0.466 e. The van der Waals surface area contributed by atoms with Crippen LogP contribution in [-0.4, -0.2) is 22.0 Å². The maximum Gasteiger partial charge on any atom is 0.310 e. The van der Waals surface area contributed by atoms with Gasteiger partial charge in [0.2, 0.25) is 0 Å². The lowest BCUT2D eigenvalue weighted by atomic mass is 9.96. The van der Waals surface area contributed by atoms with Gasteiger partial charge in [-0.3, -0.25) is 9.00 Å². The standard InChI is InChI=1S/C16H28O3S/c1-5-19-15(17)11-14(12-16(2,3)4)20(18)13-9-7-6-8-10-13/h12-13H,5-11H2,1-4H3/b14-12+. The molecule has 0 saturated heterocycles. The summed E-state index contributed by atoms with van der Waals surface area (Å²) in [6, 6.07) is 0. The molecule has 0 radical (unpaired) electrons. The average Bonchev–Trinajstić information content (AvgIpc) is 2.37. The van der Waals surface area contributed by atoms with Gasteiger partial charge in [0.05, 0.1) is 23.8 Å². The van der Waals surface area contributed by atoms with Crippen molar-refractivity contribution in [1.82, 2.24) is 0 Å². The van der Waals surface area contributed by atoms with Crippen LogP contribution in [0.1, 0.15) is 66.2 Å². The maximum absolute atomic E-state index is 12.8. The Hall–Kier alpha value is -0.640. The Kier molecular flexibility index (Phi) is 6.93. The summed E-state index contributed by atoms with van der Waals surface area (Å²) in [5.41, 5.74) is -0.0772. The molecule has 1 aliphatic carbocycles. The van der Waals surface area contributed by atoms with Gasteiger partial charge < -0.3 is 4.74 Å². The monoisotopic (exact) mass is 300 g/mol. The summed E-state index contributed by atoms with van der Waals surface area (Å²) in [7, 11) is -1.05. The predicted molar refractivity (Wildman–Crippen MR) is 83.8 cm³/mol. The lowest BCUT2D eigenvalue weighted by molar-refractivity contribution is -0.142. The Labute approximate surface area is 125 Å². The quantitative estimate of drug-likeness (QED) is 0.722. The van der Waals surface area contributed by atoms with E-state index in [-0.39, 0.29) is 23.1 Å². The second-order valence-corrected chi connectivity index (χ2v) is 8.30. The molecule has 1 saturated carbocycles. The van der Waals surface area contributed by atoms with Crippen molar-refractivity contribution in [2.24, 2.45) is 5.41 Å². The number of ether oxygens (including phenoxy) is 1. The topological polar surface area (TPSA) is 43.4 Å². The smallest absolute Gasteiger partial charge is 0.310 e. The number of hydrogen-bond acceptors (Lipinski definition) is 3. The Morgan fingerprint density at radius 1 is 1.25 bits per heavy atom. The highest BCUT2D eigenvalue weighted by Gasteiger charge is 2.25. The fourth-order valence-electron chi connectivity index (χ4n) is 2.51. The molecule has 0 heterocycles. The molecule has 0 spiro atoms. The molecular weight excluding hydrogens is 272 g/mol. The number of hydrogen-bond donors (Lipinski definition) is 0. The third-order valence-electron chi connectivity index (χ3n) is 3.33. The van der Waals surface area contributed by atoms with E-state index in [4.69, 9.17) is 4.74 Å². The first-order valence-electron chi connectivity index (χ1n) is 7.61. The van der Waals surface area contributed by atoms with E-state index in [1.54, 1.807) is 6.92 Å². The van der Waals surface area contributed by atoms with Crippen molar-refractivity contribution in [3.05, 3.63) is 11.0 Å². The first kappa shape index (κ1) is 17.4. The zero-order valence-corrected chi connectivity index (χ0v) is 14.1. The first-order chi connectivity index (χ1) is 9.33. The highest BCUT2D eigenvalue weighted by Crippen LogP contribution is 2.29. The summed E-state index contributed by atoms with van der Waals surface area (Å²) in [6.07, 6.45) is 7.72. The van der Waals surface area contributed by atoms with Crippen LogP contribution in [-0.2, 0) is 20.3 Å². The number of allylic oxidation sites excluding steroid dienone is 1. The highest BCUT2D eigenvalue weighted by molar-refractivity contribution is 7.89. The molecule has 116 valence electrons. The van der Waals surface area contributed by atoms with Crippen LogP contribution >= 0.6 is 0 Å². The van der Waals surface area contributed by atoms with E-state index in [0.717, 1.165) is 30.6 Å². The van der Waals surface area contributed by atoms with E-state index in [1.165, 1.54) is 6.42 Å². The van der Waals surface area contributed by atoms with Gasteiger partial charge in [0, 0.05) is 10.2 Å². The Balaban J connectivity index is 2.83. The van der Waals surface area contributed by atoms with Crippen molar-refractivity contribution in [2.75, 3.05) is 6.61 Å². The summed E-state index contributed by atoms with van der Waals surface area (Å²) in [6.45, 7) is 8.36. The fraction of sp³-hybridized carbons (Fsp3) is 0.812. The molecular formula is C16H28O3S. The second kappa shape index (κ2) is 7.96. The molecule has 4 heteroatoms. The average molecular weight is 300 g/mol. The summed E-state index contributed by atoms with van der Waals surface area (Å²) < 4.78 is 17.8. The zero-order valence-electron chi connectivity index (χ0n) is 13.2. The van der Waals surface area contributed by atoms with Crippen LogP contribution in [0.3, 0.4) is 0 Å². The minimum absolute atomic E-state index is 0.0772. The molecule has 0 N–H and O–H groups in total. The second-order valence-electron chi connectivity index (χ2n) is 6.52. The van der Waals surface area contributed by atoms with Crippen LogP contribution in [0.4, 0.5) is 0 Å². The van der Waals surface area contributed by atoms with E-state index < -0.39 is 10.8 Å². The molecule has 3 nitrogen and oxygen atoms in total. The fourth-order valence-corrected chi connectivity index (χ4v) is 4.43. The van der Waals surface area contributed by atoms with Crippen LogP contribution in [0.2, 0.25) is 0 Å². The molecule has 1 unspecified atom stereocenters. The SMILES string of the molecule is CCOC(=O)C/C(=C\C(C)(C)C)S(=O)C1CCCCC1. The summed E-state index contributed by atoms with van der Waals surface area (Å²) in [5.74, 6) is -0.271. The van der Waals surface area contributed by atoms with Gasteiger partial charge in [-0.2, -0.15) is 0 Å². The number of rotatable bonds is 5. The normalized spacial score (nSPS) is 19.7. The van der Waals surface area contributed by atoms with Gasteiger partial charge in [-0.15, -0.1) is 0 Å². The summed E-state index contributed by atoms with van der Waals surface area (Å²) >= 11 is 0. The zero-order chi connectivity index (χ0) is 15.2. The molecule has 1 aliphatic rings. The van der Waals surface area contributed by atoms with Crippen molar-refractivity contribution in [1.29, 1.82) is 0 Å². The third-order valence-corrected chi connectivity index (χ3v) is 5.19. The lowest BCUT2D eigenvalue weighted by Gasteiger charge is -2.24. The third kappa shape index (κ3) is 6.21. The van der Waals surface area contributed by atoms with Crippen molar-refractivity contribution in [2.45, 2.75) is 71.5 Å². The van der Waals surface area contributed by atoms with E-state index >= 15 is 0 Å². The lowest BCUT2D eigenvalue weighted by Crippen LogP contribution is -2.22. The van der Waals surface area contributed by atoms with E-state index in [0.29, 0.717) is 6.61 Å². The molecule has 0 bridgehead atoms. The molecule has 0 amide bonds. The summed E-state index contributed by atoms with van der Waals surface area (Å²) in [4.78, 5) is 12.5. The van der Waals surface area contributed by atoms with Gasteiger partial charge in [-0.05, 0) is 25.2 Å². The Morgan fingerprint density at radius 2 is 1.85 bits per heavy atom. The molecule has 0 aliphatic heterocycles. The van der Waals surface area contributed by atoms with Crippen molar-refractivity contribution < 1.29 is 13.7 Å². The van der Waals surface area contributed by atoms with Gasteiger partial charge >= 0.3 is 5.97 Å².